The average molecular weight is 446 g/mol. The monoisotopic (exact) mass is 445 g/mol. The fourth-order valence-electron chi connectivity index (χ4n) is 3.75. The normalized spacial score (nSPS) is 17.3. The third-order valence-electron chi connectivity index (χ3n) is 5.44. The molecular weight excluding hydrogens is 410 g/mol. The Balaban J connectivity index is 0.000000228. The van der Waals surface area contributed by atoms with Crippen LogP contribution in [0.15, 0.2) is 28.2 Å². The summed E-state index contributed by atoms with van der Waals surface area (Å²) in [5.41, 5.74) is -1.22. The van der Waals surface area contributed by atoms with Gasteiger partial charge in [0.05, 0.1) is 23.0 Å². The SMILES string of the molecule is C(=NC1CCCCC1)=NC1CCCCC1.CC(C)(C)OC(=O)c1cc([N+](=O)[O-])ccc1O. The number of aromatic hydroxyl groups is 1. The fourth-order valence-corrected chi connectivity index (χ4v) is 3.75. The number of nitrogens with zero attached hydrogens (tertiary/aromatic N) is 3. The highest BCUT2D eigenvalue weighted by Gasteiger charge is 2.22. The summed E-state index contributed by atoms with van der Waals surface area (Å²) >= 11 is 0. The molecule has 0 aliphatic heterocycles. The van der Waals surface area contributed by atoms with Crippen LogP contribution in [0.2, 0.25) is 0 Å². The number of phenols is 1. The van der Waals surface area contributed by atoms with Crippen LogP contribution >= 0.6 is 0 Å². The van der Waals surface area contributed by atoms with Crippen molar-refractivity contribution < 1.29 is 19.6 Å². The zero-order valence-electron chi connectivity index (χ0n) is 19.4. The molecule has 2 aliphatic rings. The van der Waals surface area contributed by atoms with Crippen molar-refractivity contribution in [1.82, 2.24) is 0 Å². The number of carbonyl (C=O) groups excluding carboxylic acids is 1. The minimum absolute atomic E-state index is 0.214. The lowest BCUT2D eigenvalue weighted by molar-refractivity contribution is -0.384. The van der Waals surface area contributed by atoms with Crippen LogP contribution in [0, 0.1) is 10.1 Å². The molecule has 1 aromatic rings. The molecule has 2 saturated carbocycles. The summed E-state index contributed by atoms with van der Waals surface area (Å²) in [4.78, 5) is 30.5. The molecule has 1 N–H and O–H groups in total. The second-order valence-corrected chi connectivity index (χ2v) is 9.40. The average Bonchev–Trinajstić information content (AvgIpc) is 2.74. The van der Waals surface area contributed by atoms with Crippen LogP contribution in [0.5, 0.6) is 5.75 Å². The molecule has 32 heavy (non-hydrogen) atoms. The Morgan fingerprint density at radius 2 is 1.53 bits per heavy atom. The first-order valence-electron chi connectivity index (χ1n) is 11.5. The van der Waals surface area contributed by atoms with Gasteiger partial charge in [-0.1, -0.05) is 38.5 Å². The molecule has 0 aromatic heterocycles. The summed E-state index contributed by atoms with van der Waals surface area (Å²) in [5, 5.41) is 20.0. The Morgan fingerprint density at radius 1 is 1.03 bits per heavy atom. The minimum Gasteiger partial charge on any atom is -0.507 e. The van der Waals surface area contributed by atoms with E-state index in [1.54, 1.807) is 20.8 Å². The zero-order valence-corrected chi connectivity index (χ0v) is 19.4. The van der Waals surface area contributed by atoms with Crippen molar-refractivity contribution in [1.29, 1.82) is 0 Å². The summed E-state index contributed by atoms with van der Waals surface area (Å²) < 4.78 is 5.02. The number of aliphatic imine (C=N–C) groups is 2. The van der Waals surface area contributed by atoms with Gasteiger partial charge in [0, 0.05) is 12.1 Å². The second-order valence-electron chi connectivity index (χ2n) is 9.40. The molecule has 0 atom stereocenters. The summed E-state index contributed by atoms with van der Waals surface area (Å²) in [6, 6.07) is 7.24. The molecule has 0 heterocycles. The summed E-state index contributed by atoms with van der Waals surface area (Å²) in [5.74, 6) is -1.14. The molecular formula is C24H35N3O5. The molecule has 0 spiro atoms. The van der Waals surface area contributed by atoms with Crippen molar-refractivity contribution in [2.75, 3.05) is 0 Å². The van der Waals surface area contributed by atoms with Crippen LogP contribution in [-0.4, -0.2) is 39.7 Å². The third kappa shape index (κ3) is 9.18. The van der Waals surface area contributed by atoms with E-state index in [-0.39, 0.29) is 17.0 Å². The molecule has 1 aromatic carbocycles. The number of hydrogen-bond donors (Lipinski definition) is 1. The highest BCUT2D eigenvalue weighted by Crippen LogP contribution is 2.25. The van der Waals surface area contributed by atoms with Gasteiger partial charge >= 0.3 is 5.97 Å². The van der Waals surface area contributed by atoms with E-state index in [1.807, 2.05) is 0 Å². The number of carbonyl (C=O) groups is 1. The molecule has 0 bridgehead atoms. The van der Waals surface area contributed by atoms with E-state index < -0.39 is 16.5 Å². The number of nitro benzene ring substituents is 1. The third-order valence-corrected chi connectivity index (χ3v) is 5.44. The van der Waals surface area contributed by atoms with Gasteiger partial charge in [0.2, 0.25) is 0 Å². The van der Waals surface area contributed by atoms with Crippen LogP contribution in [0.25, 0.3) is 0 Å². The van der Waals surface area contributed by atoms with Crippen LogP contribution in [0.1, 0.15) is 95.3 Å². The standard InChI is InChI=1S/C13H22N2.C11H13NO5/c1-3-7-12(8-4-1)14-11-15-13-9-5-2-6-10-13;1-11(2,3)17-10(14)8-6-7(12(15)16)4-5-9(8)13/h12-13H,1-10H2;4-6,13H,1-3H3. The molecule has 0 unspecified atom stereocenters. The maximum Gasteiger partial charge on any atom is 0.342 e. The van der Waals surface area contributed by atoms with Crippen molar-refractivity contribution >= 4 is 17.7 Å². The first kappa shape index (κ1) is 25.5. The van der Waals surface area contributed by atoms with Gasteiger partial charge in [-0.05, 0) is 52.5 Å². The summed E-state index contributed by atoms with van der Waals surface area (Å²) in [7, 11) is 0. The number of benzene rings is 1. The quantitative estimate of drug-likeness (QED) is 0.261. The first-order valence-corrected chi connectivity index (χ1v) is 11.5. The topological polar surface area (TPSA) is 114 Å². The number of nitro groups is 1. The highest BCUT2D eigenvalue weighted by atomic mass is 16.6. The van der Waals surface area contributed by atoms with Crippen molar-refractivity contribution in [3.05, 3.63) is 33.9 Å². The van der Waals surface area contributed by atoms with Crippen LogP contribution in [0.3, 0.4) is 0 Å². The summed E-state index contributed by atoms with van der Waals surface area (Å²) in [6.45, 7) is 5.00. The molecule has 0 saturated heterocycles. The van der Waals surface area contributed by atoms with Crippen LogP contribution in [0.4, 0.5) is 5.69 Å². The van der Waals surface area contributed by atoms with Gasteiger partial charge in [0.25, 0.3) is 5.69 Å². The molecule has 0 amide bonds. The van der Waals surface area contributed by atoms with E-state index >= 15 is 0 Å². The smallest absolute Gasteiger partial charge is 0.342 e. The van der Waals surface area contributed by atoms with Crippen LogP contribution < -0.4 is 0 Å². The second kappa shape index (κ2) is 12.3. The molecule has 2 aliphatic carbocycles. The van der Waals surface area contributed by atoms with Gasteiger partial charge in [-0.2, -0.15) is 0 Å². The van der Waals surface area contributed by atoms with E-state index in [9.17, 15) is 20.0 Å². The number of phenolic OH excluding ortho intramolecular Hbond substituents is 1. The van der Waals surface area contributed by atoms with Crippen molar-refractivity contribution in [3.63, 3.8) is 0 Å². The van der Waals surface area contributed by atoms with Gasteiger partial charge < -0.3 is 9.84 Å². The zero-order chi connectivity index (χ0) is 23.6. The van der Waals surface area contributed by atoms with Gasteiger partial charge in [0.1, 0.15) is 16.9 Å². The minimum atomic E-state index is -0.793. The van der Waals surface area contributed by atoms with Gasteiger partial charge in [0.15, 0.2) is 0 Å². The predicted octanol–water partition coefficient (Wildman–Crippen LogP) is 6.08. The molecule has 176 valence electrons. The van der Waals surface area contributed by atoms with Crippen molar-refractivity contribution in [2.24, 2.45) is 9.98 Å². The van der Waals surface area contributed by atoms with Gasteiger partial charge in [-0.15, -0.1) is 0 Å². The first-order chi connectivity index (χ1) is 15.2. The number of ether oxygens (including phenoxy) is 1. The maximum atomic E-state index is 11.7. The Hall–Kier alpha value is -2.73. The lowest BCUT2D eigenvalue weighted by atomic mass is 9.96. The van der Waals surface area contributed by atoms with E-state index in [0.717, 1.165) is 18.2 Å². The number of esters is 1. The lowest BCUT2D eigenvalue weighted by Crippen LogP contribution is -2.24. The fraction of sp³-hybridized carbons (Fsp3) is 0.667. The maximum absolute atomic E-state index is 11.7. The van der Waals surface area contributed by atoms with Gasteiger partial charge in [-0.3, -0.25) is 10.1 Å². The molecule has 3 rings (SSSR count). The number of hydrogen-bond acceptors (Lipinski definition) is 7. The van der Waals surface area contributed by atoms with E-state index in [0.29, 0.717) is 12.1 Å². The molecule has 0 radical (unpaired) electrons. The number of rotatable bonds is 4. The predicted molar refractivity (Wildman–Crippen MR) is 124 cm³/mol. The van der Waals surface area contributed by atoms with Crippen LogP contribution in [-0.2, 0) is 4.74 Å². The van der Waals surface area contributed by atoms with E-state index in [2.05, 4.69) is 16.0 Å². The van der Waals surface area contributed by atoms with Gasteiger partial charge in [-0.25, -0.2) is 14.8 Å². The largest absolute Gasteiger partial charge is 0.507 e. The highest BCUT2D eigenvalue weighted by molar-refractivity contribution is 5.93. The summed E-state index contributed by atoms with van der Waals surface area (Å²) in [6.07, 6.45) is 13.2. The van der Waals surface area contributed by atoms with Crippen molar-refractivity contribution in [3.8, 4) is 5.75 Å². The molecule has 8 heteroatoms. The van der Waals surface area contributed by atoms with Crippen molar-refractivity contribution in [2.45, 2.75) is 103 Å². The van der Waals surface area contributed by atoms with E-state index in [4.69, 9.17) is 4.74 Å². The molecule has 2 fully saturated rings. The molecule has 8 nitrogen and oxygen atoms in total. The Morgan fingerprint density at radius 3 is 1.97 bits per heavy atom. The number of non-ortho nitro benzene ring substituents is 1. The Kier molecular flexibility index (Phi) is 9.85. The lowest BCUT2D eigenvalue weighted by Gasteiger charge is -2.19. The van der Waals surface area contributed by atoms with E-state index in [1.165, 1.54) is 64.2 Å². The Bertz CT molecular complexity index is 807. The Labute approximate surface area is 190 Å².